The average molecular weight is 200 g/mol. The highest BCUT2D eigenvalue weighted by Crippen LogP contribution is 1.89. The third-order valence-corrected chi connectivity index (χ3v) is 1.66. The first-order valence-electron chi connectivity index (χ1n) is 4.10. The summed E-state index contributed by atoms with van der Waals surface area (Å²) >= 11 is 4.96. The van der Waals surface area contributed by atoms with E-state index >= 15 is 0 Å². The molecule has 1 heterocycles. The Hall–Kier alpha value is -1.17. The number of hydrogen-bond donors (Lipinski definition) is 2. The van der Waals surface area contributed by atoms with Crippen LogP contribution in [0.4, 0.5) is 0 Å². The summed E-state index contributed by atoms with van der Waals surface area (Å²) in [5.41, 5.74) is 0. The zero-order chi connectivity index (χ0) is 9.52. The summed E-state index contributed by atoms with van der Waals surface area (Å²) in [6, 6.07) is 0. The van der Waals surface area contributed by atoms with Crippen LogP contribution in [-0.2, 0) is 6.42 Å². The van der Waals surface area contributed by atoms with Crippen LogP contribution in [0.3, 0.4) is 0 Å². The monoisotopic (exact) mass is 200 g/mol. The van der Waals surface area contributed by atoms with Gasteiger partial charge in [0.2, 0.25) is 5.89 Å². The van der Waals surface area contributed by atoms with Crippen molar-refractivity contribution < 1.29 is 4.52 Å². The number of hydrogen-bond acceptors (Lipinski definition) is 4. The molecule has 6 heteroatoms. The van der Waals surface area contributed by atoms with Crippen molar-refractivity contribution in [3.8, 4) is 0 Å². The SMILES string of the molecule is CCNC(=S)NCCc1ncno1. The Morgan fingerprint density at radius 3 is 3.08 bits per heavy atom. The van der Waals surface area contributed by atoms with Gasteiger partial charge in [-0.25, -0.2) is 0 Å². The molecule has 0 saturated heterocycles. The molecule has 0 unspecified atom stereocenters. The normalized spacial score (nSPS) is 9.62. The zero-order valence-electron chi connectivity index (χ0n) is 7.41. The zero-order valence-corrected chi connectivity index (χ0v) is 8.23. The predicted molar refractivity (Wildman–Crippen MR) is 52.3 cm³/mol. The third-order valence-electron chi connectivity index (χ3n) is 1.37. The van der Waals surface area contributed by atoms with E-state index in [1.807, 2.05) is 6.92 Å². The standard InChI is InChI=1S/C7H12N4OS/c1-2-8-7(13)9-4-3-6-10-5-11-12-6/h5H,2-4H2,1H3,(H2,8,9,13). The molecule has 0 radical (unpaired) electrons. The van der Waals surface area contributed by atoms with Crippen molar-refractivity contribution in [3.05, 3.63) is 12.2 Å². The van der Waals surface area contributed by atoms with E-state index in [2.05, 4.69) is 20.8 Å². The van der Waals surface area contributed by atoms with Gasteiger partial charge in [-0.1, -0.05) is 5.16 Å². The topological polar surface area (TPSA) is 63.0 Å². The van der Waals surface area contributed by atoms with E-state index in [0.717, 1.165) is 6.54 Å². The van der Waals surface area contributed by atoms with Gasteiger partial charge in [-0.15, -0.1) is 0 Å². The molecular weight excluding hydrogens is 188 g/mol. The van der Waals surface area contributed by atoms with Crippen molar-refractivity contribution >= 4 is 17.3 Å². The lowest BCUT2D eigenvalue weighted by Gasteiger charge is -2.06. The van der Waals surface area contributed by atoms with E-state index in [0.29, 0.717) is 24.0 Å². The molecule has 0 aromatic carbocycles. The molecule has 13 heavy (non-hydrogen) atoms. The van der Waals surface area contributed by atoms with Crippen LogP contribution in [0.2, 0.25) is 0 Å². The van der Waals surface area contributed by atoms with Crippen LogP contribution >= 0.6 is 12.2 Å². The van der Waals surface area contributed by atoms with Gasteiger partial charge in [0.1, 0.15) is 0 Å². The highest BCUT2D eigenvalue weighted by molar-refractivity contribution is 7.80. The fraction of sp³-hybridized carbons (Fsp3) is 0.571. The summed E-state index contributed by atoms with van der Waals surface area (Å²) in [4.78, 5) is 3.88. The van der Waals surface area contributed by atoms with Gasteiger partial charge < -0.3 is 15.2 Å². The van der Waals surface area contributed by atoms with Crippen molar-refractivity contribution in [2.75, 3.05) is 13.1 Å². The van der Waals surface area contributed by atoms with E-state index in [1.54, 1.807) is 0 Å². The van der Waals surface area contributed by atoms with Gasteiger partial charge in [-0.05, 0) is 19.1 Å². The van der Waals surface area contributed by atoms with Gasteiger partial charge in [0.15, 0.2) is 11.4 Å². The van der Waals surface area contributed by atoms with Crippen molar-refractivity contribution in [3.63, 3.8) is 0 Å². The van der Waals surface area contributed by atoms with E-state index in [4.69, 9.17) is 16.7 Å². The maximum atomic E-state index is 4.96. The first kappa shape index (κ1) is 9.91. The Morgan fingerprint density at radius 2 is 2.46 bits per heavy atom. The minimum absolute atomic E-state index is 0.617. The van der Waals surface area contributed by atoms with Crippen molar-refractivity contribution in [2.24, 2.45) is 0 Å². The summed E-state index contributed by atoms with van der Waals surface area (Å²) in [5, 5.41) is 10.1. The minimum atomic E-state index is 0.617. The van der Waals surface area contributed by atoms with E-state index in [9.17, 15) is 0 Å². The Kier molecular flexibility index (Phi) is 4.17. The number of thiocarbonyl (C=S) groups is 1. The molecule has 0 saturated carbocycles. The lowest BCUT2D eigenvalue weighted by Crippen LogP contribution is -2.36. The molecule has 2 N–H and O–H groups in total. The number of nitrogens with one attached hydrogen (secondary N) is 2. The maximum absolute atomic E-state index is 4.96. The van der Waals surface area contributed by atoms with Gasteiger partial charge in [0.05, 0.1) is 0 Å². The van der Waals surface area contributed by atoms with E-state index in [1.165, 1.54) is 6.33 Å². The molecule has 0 aliphatic carbocycles. The van der Waals surface area contributed by atoms with Crippen molar-refractivity contribution in [1.29, 1.82) is 0 Å². The molecule has 0 aliphatic rings. The second-order valence-corrected chi connectivity index (χ2v) is 2.78. The molecule has 1 aromatic rings. The minimum Gasteiger partial charge on any atom is -0.363 e. The highest BCUT2D eigenvalue weighted by Gasteiger charge is 1.98. The summed E-state index contributed by atoms with van der Waals surface area (Å²) in [5.74, 6) is 0.617. The molecule has 1 aromatic heterocycles. The molecule has 0 aliphatic heterocycles. The van der Waals surface area contributed by atoms with Crippen LogP contribution in [0.25, 0.3) is 0 Å². The Morgan fingerprint density at radius 1 is 1.62 bits per heavy atom. The summed E-state index contributed by atoms with van der Waals surface area (Å²) in [6.07, 6.45) is 2.07. The first-order chi connectivity index (χ1) is 6.33. The third kappa shape index (κ3) is 3.84. The van der Waals surface area contributed by atoms with Gasteiger partial charge in [0.25, 0.3) is 0 Å². The van der Waals surface area contributed by atoms with Gasteiger partial charge in [-0.2, -0.15) is 4.98 Å². The van der Waals surface area contributed by atoms with E-state index in [-0.39, 0.29) is 0 Å². The molecule has 5 nitrogen and oxygen atoms in total. The smallest absolute Gasteiger partial charge is 0.228 e. The lowest BCUT2D eigenvalue weighted by atomic mass is 10.4. The molecule has 1 rings (SSSR count). The Balaban J connectivity index is 2.11. The second-order valence-electron chi connectivity index (χ2n) is 2.37. The largest absolute Gasteiger partial charge is 0.363 e. The van der Waals surface area contributed by atoms with Gasteiger partial charge >= 0.3 is 0 Å². The lowest BCUT2D eigenvalue weighted by molar-refractivity contribution is 0.377. The first-order valence-corrected chi connectivity index (χ1v) is 4.51. The molecular formula is C7H12N4OS. The Labute approximate surface area is 81.9 Å². The van der Waals surface area contributed by atoms with Crippen LogP contribution in [0, 0.1) is 0 Å². The summed E-state index contributed by atoms with van der Waals surface area (Å²) in [7, 11) is 0. The molecule has 72 valence electrons. The molecule has 0 amide bonds. The maximum Gasteiger partial charge on any atom is 0.228 e. The summed E-state index contributed by atoms with van der Waals surface area (Å²) < 4.78 is 4.81. The Bertz CT molecular complexity index is 249. The average Bonchev–Trinajstić information content (AvgIpc) is 2.57. The van der Waals surface area contributed by atoms with Crippen LogP contribution in [0.1, 0.15) is 12.8 Å². The quantitative estimate of drug-likeness (QED) is 0.672. The fourth-order valence-corrected chi connectivity index (χ4v) is 1.06. The van der Waals surface area contributed by atoms with Crippen LogP contribution in [-0.4, -0.2) is 28.3 Å². The second kappa shape index (κ2) is 5.47. The van der Waals surface area contributed by atoms with Crippen molar-refractivity contribution in [1.82, 2.24) is 20.8 Å². The molecule has 0 bridgehead atoms. The van der Waals surface area contributed by atoms with Crippen LogP contribution in [0.5, 0.6) is 0 Å². The van der Waals surface area contributed by atoms with Gasteiger partial charge in [-0.3, -0.25) is 0 Å². The van der Waals surface area contributed by atoms with Crippen LogP contribution in [0.15, 0.2) is 10.9 Å². The number of aromatic nitrogens is 2. The molecule has 0 spiro atoms. The van der Waals surface area contributed by atoms with E-state index < -0.39 is 0 Å². The highest BCUT2D eigenvalue weighted by atomic mass is 32.1. The van der Waals surface area contributed by atoms with Crippen molar-refractivity contribution in [2.45, 2.75) is 13.3 Å². The molecule has 0 fully saturated rings. The fourth-order valence-electron chi connectivity index (χ4n) is 0.812. The van der Waals surface area contributed by atoms with Gasteiger partial charge in [0, 0.05) is 19.5 Å². The predicted octanol–water partition coefficient (Wildman–Crippen LogP) is 0.0961. The molecule has 0 atom stereocenters. The number of rotatable bonds is 4. The summed E-state index contributed by atoms with van der Waals surface area (Å²) in [6.45, 7) is 3.52. The van der Waals surface area contributed by atoms with Crippen LogP contribution < -0.4 is 10.6 Å². The number of nitrogens with zero attached hydrogens (tertiary/aromatic N) is 2.